The van der Waals surface area contributed by atoms with Crippen LogP contribution in [0.5, 0.6) is 0 Å². The first-order valence-corrected chi connectivity index (χ1v) is 4.20. The fraction of sp³-hybridized carbons (Fsp3) is 0.143. The van der Waals surface area contributed by atoms with Crippen molar-refractivity contribution in [3.05, 3.63) is 37.9 Å². The van der Waals surface area contributed by atoms with Crippen LogP contribution < -0.4 is 0 Å². The van der Waals surface area contributed by atoms with E-state index in [4.69, 9.17) is 23.2 Å². The largest absolute Gasteiger partial charge is 0.418 e. The highest BCUT2D eigenvalue weighted by molar-refractivity contribution is 6.38. The van der Waals surface area contributed by atoms with E-state index >= 15 is 0 Å². The molecule has 82 valence electrons. The molecule has 0 amide bonds. The molecule has 0 saturated carbocycles. The smallest absolute Gasteiger partial charge is 0.258 e. The van der Waals surface area contributed by atoms with E-state index in [0.29, 0.717) is 6.07 Å². The lowest BCUT2D eigenvalue weighted by Gasteiger charge is -2.08. The lowest BCUT2D eigenvalue weighted by molar-refractivity contribution is -0.384. The maximum absolute atomic E-state index is 12.3. The summed E-state index contributed by atoms with van der Waals surface area (Å²) in [6, 6.07) is 1.38. The van der Waals surface area contributed by atoms with E-state index < -0.39 is 32.4 Å². The van der Waals surface area contributed by atoms with Crippen LogP contribution in [0.1, 0.15) is 5.56 Å². The summed E-state index contributed by atoms with van der Waals surface area (Å²) in [4.78, 5) is 9.34. The fourth-order valence-corrected chi connectivity index (χ4v) is 1.54. The molecule has 0 aliphatic rings. The van der Waals surface area contributed by atoms with Crippen LogP contribution in [-0.4, -0.2) is 4.92 Å². The van der Waals surface area contributed by atoms with Crippen molar-refractivity contribution in [3.63, 3.8) is 0 Å². The first-order chi connectivity index (χ1) is 6.75. The molecule has 1 aromatic rings. The third-order valence-electron chi connectivity index (χ3n) is 1.55. The number of alkyl halides is 3. The molecule has 3 nitrogen and oxygen atoms in total. The van der Waals surface area contributed by atoms with E-state index in [2.05, 4.69) is 0 Å². The quantitative estimate of drug-likeness (QED) is 0.567. The van der Waals surface area contributed by atoms with Gasteiger partial charge in [-0.05, 0) is 12.1 Å². The summed E-state index contributed by atoms with van der Waals surface area (Å²) in [6.45, 7) is 0. The SMILES string of the molecule is O=[N+]([O-])c1c(Cl)ccc(C(F)(F)F)c1Cl. The maximum atomic E-state index is 12.3. The minimum atomic E-state index is -4.74. The Hall–Kier alpha value is -1.01. The first kappa shape index (κ1) is 12.1. The maximum Gasteiger partial charge on any atom is 0.418 e. The molecule has 8 heteroatoms. The summed E-state index contributed by atoms with van der Waals surface area (Å²) >= 11 is 10.6. The number of rotatable bonds is 1. The molecule has 0 aromatic heterocycles. The van der Waals surface area contributed by atoms with Gasteiger partial charge in [-0.3, -0.25) is 10.1 Å². The number of halogens is 5. The molecule has 1 aromatic carbocycles. The molecule has 0 bridgehead atoms. The molecule has 0 atom stereocenters. The van der Waals surface area contributed by atoms with Gasteiger partial charge in [0.2, 0.25) is 0 Å². The fourth-order valence-electron chi connectivity index (χ4n) is 0.927. The standard InChI is InChI=1S/C7H2Cl2F3NO2/c8-4-2-1-3(7(10,11)12)5(9)6(4)13(14)15/h1-2H. The number of nitro groups is 1. The Kier molecular flexibility index (Phi) is 3.11. The van der Waals surface area contributed by atoms with Crippen LogP contribution in [0.2, 0.25) is 10.0 Å². The first-order valence-electron chi connectivity index (χ1n) is 3.44. The van der Waals surface area contributed by atoms with Gasteiger partial charge in [0, 0.05) is 0 Å². The zero-order valence-electron chi connectivity index (χ0n) is 6.81. The number of nitro benzene ring substituents is 1. The predicted molar refractivity (Wildman–Crippen MR) is 48.1 cm³/mol. The van der Waals surface area contributed by atoms with Gasteiger partial charge < -0.3 is 0 Å². The van der Waals surface area contributed by atoms with E-state index in [1.165, 1.54) is 0 Å². The third-order valence-corrected chi connectivity index (χ3v) is 2.24. The molecule has 0 spiro atoms. The second kappa shape index (κ2) is 3.86. The number of nitrogens with zero attached hydrogens (tertiary/aromatic N) is 1. The molecule has 0 fully saturated rings. The number of hydrogen-bond donors (Lipinski definition) is 0. The Morgan fingerprint density at radius 3 is 2.20 bits per heavy atom. The van der Waals surface area contributed by atoms with E-state index in [1.54, 1.807) is 0 Å². The van der Waals surface area contributed by atoms with Crippen LogP contribution >= 0.6 is 23.2 Å². The lowest BCUT2D eigenvalue weighted by Crippen LogP contribution is -2.07. The van der Waals surface area contributed by atoms with Crippen molar-refractivity contribution in [1.82, 2.24) is 0 Å². The Balaban J connectivity index is 3.49. The van der Waals surface area contributed by atoms with Gasteiger partial charge in [0.25, 0.3) is 0 Å². The molecule has 0 heterocycles. The molecule has 0 N–H and O–H groups in total. The highest BCUT2D eigenvalue weighted by atomic mass is 35.5. The van der Waals surface area contributed by atoms with Gasteiger partial charge in [-0.2, -0.15) is 13.2 Å². The third kappa shape index (κ3) is 2.32. The predicted octanol–water partition coefficient (Wildman–Crippen LogP) is 3.92. The lowest BCUT2D eigenvalue weighted by atomic mass is 10.2. The summed E-state index contributed by atoms with van der Waals surface area (Å²) in [5, 5.41) is 8.96. The number of hydrogen-bond acceptors (Lipinski definition) is 2. The van der Waals surface area contributed by atoms with Crippen molar-refractivity contribution in [2.45, 2.75) is 6.18 Å². The Bertz CT molecular complexity index is 419. The Morgan fingerprint density at radius 1 is 1.27 bits per heavy atom. The molecule has 1 rings (SSSR count). The van der Waals surface area contributed by atoms with Gasteiger partial charge in [-0.15, -0.1) is 0 Å². The van der Waals surface area contributed by atoms with Gasteiger partial charge in [-0.1, -0.05) is 23.2 Å². The van der Waals surface area contributed by atoms with Crippen molar-refractivity contribution in [2.75, 3.05) is 0 Å². The molecular formula is C7H2Cl2F3NO2. The van der Waals surface area contributed by atoms with E-state index in [-0.39, 0.29) is 0 Å². The average molecular weight is 260 g/mol. The summed E-state index contributed by atoms with van der Waals surface area (Å²) in [5.74, 6) is 0. The minimum absolute atomic E-state index is 0.432. The minimum Gasteiger partial charge on any atom is -0.258 e. The van der Waals surface area contributed by atoms with E-state index in [9.17, 15) is 23.3 Å². The van der Waals surface area contributed by atoms with Crippen molar-refractivity contribution >= 4 is 28.9 Å². The van der Waals surface area contributed by atoms with Gasteiger partial charge in [0.1, 0.15) is 10.0 Å². The summed E-state index contributed by atoms with van der Waals surface area (Å²) in [5.41, 5.74) is -2.21. The van der Waals surface area contributed by atoms with Crippen LogP contribution in [0.15, 0.2) is 12.1 Å². The van der Waals surface area contributed by atoms with Gasteiger partial charge in [0.15, 0.2) is 0 Å². The zero-order valence-corrected chi connectivity index (χ0v) is 8.32. The second-order valence-electron chi connectivity index (χ2n) is 2.51. The normalized spacial score (nSPS) is 11.5. The van der Waals surface area contributed by atoms with Crippen molar-refractivity contribution in [1.29, 1.82) is 0 Å². The molecular weight excluding hydrogens is 258 g/mol. The summed E-state index contributed by atoms with van der Waals surface area (Å²) in [7, 11) is 0. The zero-order chi connectivity index (χ0) is 11.8. The van der Waals surface area contributed by atoms with Crippen molar-refractivity contribution in [2.24, 2.45) is 0 Å². The van der Waals surface area contributed by atoms with Gasteiger partial charge in [-0.25, -0.2) is 0 Å². The van der Waals surface area contributed by atoms with Crippen LogP contribution in [0.3, 0.4) is 0 Å². The van der Waals surface area contributed by atoms with Crippen LogP contribution in [0.4, 0.5) is 18.9 Å². The molecule has 0 radical (unpaired) electrons. The topological polar surface area (TPSA) is 43.1 Å². The summed E-state index contributed by atoms with van der Waals surface area (Å²) < 4.78 is 36.8. The Morgan fingerprint density at radius 2 is 1.80 bits per heavy atom. The molecule has 15 heavy (non-hydrogen) atoms. The van der Waals surface area contributed by atoms with E-state index in [0.717, 1.165) is 6.07 Å². The van der Waals surface area contributed by atoms with Crippen LogP contribution in [0.25, 0.3) is 0 Å². The monoisotopic (exact) mass is 259 g/mol. The van der Waals surface area contributed by atoms with Gasteiger partial charge >= 0.3 is 11.9 Å². The Labute approximate surface area is 91.6 Å². The molecule has 0 aliphatic carbocycles. The average Bonchev–Trinajstić information content (AvgIpc) is 2.00. The highest BCUT2D eigenvalue weighted by Crippen LogP contribution is 2.42. The molecule has 0 saturated heterocycles. The second-order valence-corrected chi connectivity index (χ2v) is 3.30. The number of benzene rings is 1. The summed E-state index contributed by atoms with van der Waals surface area (Å²) in [6.07, 6.45) is -4.74. The molecule has 0 unspecified atom stereocenters. The van der Waals surface area contributed by atoms with Crippen LogP contribution in [0, 0.1) is 10.1 Å². The van der Waals surface area contributed by atoms with Gasteiger partial charge in [0.05, 0.1) is 10.5 Å². The highest BCUT2D eigenvalue weighted by Gasteiger charge is 2.37. The van der Waals surface area contributed by atoms with E-state index in [1.807, 2.05) is 0 Å². The molecule has 0 aliphatic heterocycles. The van der Waals surface area contributed by atoms with Crippen molar-refractivity contribution < 1.29 is 18.1 Å². The van der Waals surface area contributed by atoms with Crippen molar-refractivity contribution in [3.8, 4) is 0 Å². The van der Waals surface area contributed by atoms with Crippen LogP contribution in [-0.2, 0) is 6.18 Å².